The largest absolute Gasteiger partial charge is 0.497 e. The molecule has 2 aromatic rings. The minimum absolute atomic E-state index is 0.0396. The van der Waals surface area contributed by atoms with Gasteiger partial charge in [0.15, 0.2) is 0 Å². The van der Waals surface area contributed by atoms with E-state index in [2.05, 4.69) is 12.2 Å². The standard InChI is InChI=1S/C25H32N2O5/c1-5-6-12-26-24(28)22-16-27(25(29)17-8-7-9-18(13-17)30-2)15-21(22)20-11-10-19(31-3)14-23(20)32-4/h7-11,13-14,21-22H,5-6,12,15-16H2,1-4H3,(H,26,28)/t21-,22+/m1/s1. The van der Waals surface area contributed by atoms with Crippen molar-refractivity contribution in [1.29, 1.82) is 0 Å². The van der Waals surface area contributed by atoms with Crippen LogP contribution in [0.4, 0.5) is 0 Å². The van der Waals surface area contributed by atoms with Gasteiger partial charge >= 0.3 is 0 Å². The van der Waals surface area contributed by atoms with Crippen molar-refractivity contribution < 1.29 is 23.8 Å². The first-order valence-electron chi connectivity index (χ1n) is 10.9. The molecule has 1 N–H and O–H groups in total. The van der Waals surface area contributed by atoms with Crippen LogP contribution in [0.1, 0.15) is 41.6 Å². The zero-order valence-electron chi connectivity index (χ0n) is 19.2. The van der Waals surface area contributed by atoms with Gasteiger partial charge in [-0.2, -0.15) is 0 Å². The second kappa shape index (κ2) is 10.9. The Morgan fingerprint density at radius 2 is 1.75 bits per heavy atom. The molecule has 1 heterocycles. The van der Waals surface area contributed by atoms with Gasteiger partial charge in [-0.1, -0.05) is 25.5 Å². The molecule has 7 nitrogen and oxygen atoms in total. The molecule has 0 aliphatic carbocycles. The normalized spacial score (nSPS) is 17.7. The highest BCUT2D eigenvalue weighted by Gasteiger charge is 2.41. The molecule has 2 aromatic carbocycles. The summed E-state index contributed by atoms with van der Waals surface area (Å²) >= 11 is 0. The second-order valence-electron chi connectivity index (χ2n) is 7.91. The number of ether oxygens (including phenoxy) is 3. The van der Waals surface area contributed by atoms with Gasteiger partial charge in [-0.3, -0.25) is 9.59 Å². The van der Waals surface area contributed by atoms with Gasteiger partial charge in [0, 0.05) is 42.7 Å². The van der Waals surface area contributed by atoms with Crippen molar-refractivity contribution in [3.63, 3.8) is 0 Å². The van der Waals surface area contributed by atoms with Crippen LogP contribution >= 0.6 is 0 Å². The molecule has 2 atom stereocenters. The van der Waals surface area contributed by atoms with E-state index in [1.165, 1.54) is 0 Å². The number of carbonyl (C=O) groups excluding carboxylic acids is 2. The van der Waals surface area contributed by atoms with Gasteiger partial charge in [0.25, 0.3) is 5.91 Å². The SMILES string of the molecule is CCCCNC(=O)[C@H]1CN(C(=O)c2cccc(OC)c2)C[C@@H]1c1ccc(OC)cc1OC. The van der Waals surface area contributed by atoms with Crippen LogP contribution in [0.25, 0.3) is 0 Å². The quantitative estimate of drug-likeness (QED) is 0.604. The molecule has 0 unspecified atom stereocenters. The number of unbranched alkanes of at least 4 members (excludes halogenated alkanes) is 1. The van der Waals surface area contributed by atoms with Crippen LogP contribution in [0.3, 0.4) is 0 Å². The third-order valence-electron chi connectivity index (χ3n) is 5.93. The Morgan fingerprint density at radius 3 is 2.44 bits per heavy atom. The number of likely N-dealkylation sites (tertiary alicyclic amines) is 1. The third kappa shape index (κ3) is 5.15. The first-order valence-corrected chi connectivity index (χ1v) is 10.9. The maximum atomic E-state index is 13.3. The second-order valence-corrected chi connectivity index (χ2v) is 7.91. The first-order chi connectivity index (χ1) is 15.5. The fourth-order valence-electron chi connectivity index (χ4n) is 4.13. The Kier molecular flexibility index (Phi) is 7.98. The Balaban J connectivity index is 1.90. The van der Waals surface area contributed by atoms with Crippen LogP contribution in [0.2, 0.25) is 0 Å². The summed E-state index contributed by atoms with van der Waals surface area (Å²) in [5, 5.41) is 3.04. The fraction of sp³-hybridized carbons (Fsp3) is 0.440. The van der Waals surface area contributed by atoms with Crippen molar-refractivity contribution in [3.05, 3.63) is 53.6 Å². The number of carbonyl (C=O) groups is 2. The van der Waals surface area contributed by atoms with Crippen molar-refractivity contribution >= 4 is 11.8 Å². The maximum Gasteiger partial charge on any atom is 0.254 e. The fourth-order valence-corrected chi connectivity index (χ4v) is 4.13. The van der Waals surface area contributed by atoms with Gasteiger partial charge in [0.2, 0.25) is 5.91 Å². The van der Waals surface area contributed by atoms with Gasteiger partial charge in [-0.15, -0.1) is 0 Å². The lowest BCUT2D eigenvalue weighted by molar-refractivity contribution is -0.124. The predicted octanol–water partition coefficient (Wildman–Crippen LogP) is 3.48. The molecule has 0 saturated carbocycles. The van der Waals surface area contributed by atoms with Crippen molar-refractivity contribution in [2.45, 2.75) is 25.7 Å². The zero-order valence-corrected chi connectivity index (χ0v) is 19.2. The lowest BCUT2D eigenvalue weighted by atomic mass is 9.87. The Bertz CT molecular complexity index is 946. The lowest BCUT2D eigenvalue weighted by Crippen LogP contribution is -2.36. The Hall–Kier alpha value is -3.22. The van der Waals surface area contributed by atoms with E-state index in [1.54, 1.807) is 50.5 Å². The molecule has 0 bridgehead atoms. The van der Waals surface area contributed by atoms with Crippen molar-refractivity contribution in [2.24, 2.45) is 5.92 Å². The van der Waals surface area contributed by atoms with E-state index in [9.17, 15) is 9.59 Å². The molecule has 0 radical (unpaired) electrons. The first kappa shape index (κ1) is 23.4. The smallest absolute Gasteiger partial charge is 0.254 e. The highest BCUT2D eigenvalue weighted by atomic mass is 16.5. The monoisotopic (exact) mass is 440 g/mol. The average molecular weight is 441 g/mol. The summed E-state index contributed by atoms with van der Waals surface area (Å²) in [4.78, 5) is 28.1. The number of rotatable bonds is 9. The number of nitrogens with zero attached hydrogens (tertiary/aromatic N) is 1. The van der Waals surface area contributed by atoms with Crippen LogP contribution < -0.4 is 19.5 Å². The van der Waals surface area contributed by atoms with Gasteiger partial charge in [0.05, 0.1) is 27.2 Å². The Labute approximate surface area is 189 Å². The summed E-state index contributed by atoms with van der Waals surface area (Å²) < 4.78 is 16.2. The summed E-state index contributed by atoms with van der Waals surface area (Å²) in [5.74, 6) is 1.23. The number of amides is 2. The van der Waals surface area contributed by atoms with Crippen LogP contribution in [0, 0.1) is 5.92 Å². The number of hydrogen-bond donors (Lipinski definition) is 1. The molecule has 1 aliphatic rings. The van der Waals surface area contributed by atoms with Crippen LogP contribution in [0.15, 0.2) is 42.5 Å². The number of hydrogen-bond acceptors (Lipinski definition) is 5. The third-order valence-corrected chi connectivity index (χ3v) is 5.93. The summed E-state index contributed by atoms with van der Waals surface area (Å²) in [6.07, 6.45) is 1.92. The van der Waals surface area contributed by atoms with Crippen LogP contribution in [-0.2, 0) is 4.79 Å². The molecule has 0 spiro atoms. The minimum atomic E-state index is -0.372. The molecular weight excluding hydrogens is 408 g/mol. The molecule has 1 aliphatic heterocycles. The molecule has 2 amide bonds. The number of nitrogens with one attached hydrogen (secondary N) is 1. The van der Waals surface area contributed by atoms with E-state index >= 15 is 0 Å². The van der Waals surface area contributed by atoms with Crippen LogP contribution in [0.5, 0.6) is 17.2 Å². The predicted molar refractivity (Wildman–Crippen MR) is 123 cm³/mol. The van der Waals surface area contributed by atoms with E-state index < -0.39 is 0 Å². The van der Waals surface area contributed by atoms with E-state index in [0.29, 0.717) is 42.4 Å². The van der Waals surface area contributed by atoms with Gasteiger partial charge in [0.1, 0.15) is 17.2 Å². The number of benzene rings is 2. The molecule has 1 fully saturated rings. The van der Waals surface area contributed by atoms with Gasteiger partial charge in [-0.25, -0.2) is 0 Å². The molecule has 32 heavy (non-hydrogen) atoms. The minimum Gasteiger partial charge on any atom is -0.497 e. The van der Waals surface area contributed by atoms with Crippen molar-refractivity contribution in [3.8, 4) is 17.2 Å². The van der Waals surface area contributed by atoms with E-state index in [-0.39, 0.29) is 23.7 Å². The number of methoxy groups -OCH3 is 3. The average Bonchev–Trinajstić information content (AvgIpc) is 3.28. The topological polar surface area (TPSA) is 77.1 Å². The summed E-state index contributed by atoms with van der Waals surface area (Å²) in [6.45, 7) is 3.47. The molecular formula is C25H32N2O5. The summed E-state index contributed by atoms with van der Waals surface area (Å²) in [7, 11) is 4.77. The molecule has 3 rings (SSSR count). The lowest BCUT2D eigenvalue weighted by Gasteiger charge is -2.21. The van der Waals surface area contributed by atoms with Crippen LogP contribution in [-0.4, -0.2) is 57.7 Å². The highest BCUT2D eigenvalue weighted by molar-refractivity contribution is 5.95. The maximum absolute atomic E-state index is 13.3. The van der Waals surface area contributed by atoms with E-state index in [0.717, 1.165) is 18.4 Å². The molecule has 1 saturated heterocycles. The zero-order chi connectivity index (χ0) is 23.1. The van der Waals surface area contributed by atoms with Crippen molar-refractivity contribution in [2.75, 3.05) is 41.0 Å². The van der Waals surface area contributed by atoms with Gasteiger partial charge < -0.3 is 24.4 Å². The van der Waals surface area contributed by atoms with Gasteiger partial charge in [-0.05, 0) is 30.7 Å². The van der Waals surface area contributed by atoms with E-state index in [4.69, 9.17) is 14.2 Å². The van der Waals surface area contributed by atoms with E-state index in [1.807, 2.05) is 18.2 Å². The highest BCUT2D eigenvalue weighted by Crippen LogP contribution is 2.39. The molecule has 7 heteroatoms. The molecule has 0 aromatic heterocycles. The summed E-state index contributed by atoms with van der Waals surface area (Å²) in [6, 6.07) is 12.7. The summed E-state index contributed by atoms with van der Waals surface area (Å²) in [5.41, 5.74) is 1.43. The molecule has 172 valence electrons. The Morgan fingerprint density at radius 1 is 1.00 bits per heavy atom. The van der Waals surface area contributed by atoms with Crippen molar-refractivity contribution in [1.82, 2.24) is 10.2 Å².